The molecule has 96 valence electrons. The number of sulfonamides is 1. The lowest BCUT2D eigenvalue weighted by molar-refractivity contribution is 0.600. The predicted molar refractivity (Wildman–Crippen MR) is 66.1 cm³/mol. The van der Waals surface area contributed by atoms with Gasteiger partial charge in [-0.25, -0.2) is 8.42 Å². The highest BCUT2D eigenvalue weighted by molar-refractivity contribution is 7.92. The summed E-state index contributed by atoms with van der Waals surface area (Å²) in [5, 5.41) is 3.87. The second-order valence-electron chi connectivity index (χ2n) is 3.46. The summed E-state index contributed by atoms with van der Waals surface area (Å²) in [6, 6.07) is 3.02. The number of aryl methyl sites for hydroxylation is 1. The van der Waals surface area contributed by atoms with Crippen LogP contribution in [0.2, 0.25) is 0 Å². The van der Waals surface area contributed by atoms with Crippen molar-refractivity contribution in [3.63, 3.8) is 0 Å². The molecule has 0 unspecified atom stereocenters. The predicted octanol–water partition coefficient (Wildman–Crippen LogP) is -0.0985. The zero-order chi connectivity index (χ0) is 13.2. The Hall–Kier alpha value is -2.13. The molecule has 9 heteroatoms. The first-order chi connectivity index (χ1) is 8.54. The molecular formula is C9H12N6O2S. The molecule has 0 aromatic carbocycles. The first-order valence-corrected chi connectivity index (χ1v) is 6.44. The number of rotatable bonds is 4. The van der Waals surface area contributed by atoms with Crippen molar-refractivity contribution in [3.05, 3.63) is 30.7 Å². The molecule has 4 N–H and O–H groups in total. The lowest BCUT2D eigenvalue weighted by Gasteiger charge is -2.10. The smallest absolute Gasteiger partial charge is 0.266 e. The van der Waals surface area contributed by atoms with Gasteiger partial charge in [0.05, 0.1) is 11.9 Å². The number of hydrogen-bond donors (Lipinski definition) is 3. The quantitative estimate of drug-likeness (QED) is 0.527. The molecule has 0 aliphatic carbocycles. The van der Waals surface area contributed by atoms with Crippen LogP contribution in [0.3, 0.4) is 0 Å². The molecular weight excluding hydrogens is 256 g/mol. The number of pyridine rings is 1. The van der Waals surface area contributed by atoms with Crippen LogP contribution in [0.4, 0.5) is 11.5 Å². The van der Waals surface area contributed by atoms with E-state index in [-0.39, 0.29) is 10.6 Å². The molecule has 8 nitrogen and oxygen atoms in total. The summed E-state index contributed by atoms with van der Waals surface area (Å²) in [5.41, 5.74) is 2.58. The lowest BCUT2D eigenvalue weighted by atomic mass is 10.4. The third-order valence-electron chi connectivity index (χ3n) is 2.29. The number of hydrogen-bond acceptors (Lipinski definition) is 6. The second kappa shape index (κ2) is 4.63. The van der Waals surface area contributed by atoms with Gasteiger partial charge in [-0.05, 0) is 6.07 Å². The summed E-state index contributed by atoms with van der Waals surface area (Å²) in [6.07, 6.45) is 4.15. The number of nitrogens with two attached hydrogens (primary N) is 1. The first-order valence-electron chi connectivity index (χ1n) is 4.96. The molecule has 0 spiro atoms. The van der Waals surface area contributed by atoms with E-state index in [1.807, 2.05) is 0 Å². The van der Waals surface area contributed by atoms with E-state index in [1.165, 1.54) is 29.3 Å². The summed E-state index contributed by atoms with van der Waals surface area (Å²) in [4.78, 5) is 3.74. The fraction of sp³-hybridized carbons (Fsp3) is 0.111. The van der Waals surface area contributed by atoms with Crippen molar-refractivity contribution in [3.8, 4) is 0 Å². The van der Waals surface area contributed by atoms with E-state index in [0.717, 1.165) is 0 Å². The van der Waals surface area contributed by atoms with Crippen LogP contribution in [0.1, 0.15) is 0 Å². The highest BCUT2D eigenvalue weighted by Crippen LogP contribution is 2.21. The van der Waals surface area contributed by atoms with Crippen LogP contribution in [-0.2, 0) is 17.1 Å². The fourth-order valence-electron chi connectivity index (χ4n) is 1.38. The van der Waals surface area contributed by atoms with E-state index >= 15 is 0 Å². The van der Waals surface area contributed by atoms with Crippen LogP contribution in [0.25, 0.3) is 0 Å². The highest BCUT2D eigenvalue weighted by Gasteiger charge is 2.19. The Bertz CT molecular complexity index is 651. The third-order valence-corrected chi connectivity index (χ3v) is 3.67. The molecule has 0 fully saturated rings. The van der Waals surface area contributed by atoms with Crippen molar-refractivity contribution < 1.29 is 8.42 Å². The molecule has 0 aliphatic rings. The molecule has 2 aromatic heterocycles. The molecule has 0 saturated carbocycles. The number of nitrogens with one attached hydrogen (secondary N) is 2. The zero-order valence-corrected chi connectivity index (χ0v) is 10.3. The largest absolute Gasteiger partial charge is 0.323 e. The van der Waals surface area contributed by atoms with Crippen molar-refractivity contribution in [2.24, 2.45) is 12.9 Å². The van der Waals surface area contributed by atoms with Gasteiger partial charge in [-0.1, -0.05) is 0 Å². The van der Waals surface area contributed by atoms with Crippen LogP contribution in [0.15, 0.2) is 35.6 Å². The van der Waals surface area contributed by atoms with Gasteiger partial charge in [-0.3, -0.25) is 20.2 Å². The van der Waals surface area contributed by atoms with Crippen LogP contribution in [0.5, 0.6) is 0 Å². The molecule has 0 saturated heterocycles. The maximum absolute atomic E-state index is 12.1. The summed E-state index contributed by atoms with van der Waals surface area (Å²) in [6.45, 7) is 0. The fourth-order valence-corrected chi connectivity index (χ4v) is 2.58. The highest BCUT2D eigenvalue weighted by atomic mass is 32.2. The molecule has 18 heavy (non-hydrogen) atoms. The average Bonchev–Trinajstić information content (AvgIpc) is 2.74. The summed E-state index contributed by atoms with van der Waals surface area (Å²) in [7, 11) is -2.14. The van der Waals surface area contributed by atoms with Gasteiger partial charge in [0.15, 0.2) is 0 Å². The number of hydrazine groups is 1. The standard InChI is InChI=1S/C9H12N6O2S/c1-15-9(3-5-12-15)14-18(16,17)8-6-11-4-2-7(8)13-10/h2-6,14H,10H2,1H3,(H,11,13). The van der Waals surface area contributed by atoms with Crippen LogP contribution < -0.4 is 16.0 Å². The van der Waals surface area contributed by atoms with Crippen molar-refractivity contribution in [2.45, 2.75) is 4.90 Å². The van der Waals surface area contributed by atoms with Crippen molar-refractivity contribution >= 4 is 21.5 Å². The van der Waals surface area contributed by atoms with Gasteiger partial charge < -0.3 is 5.43 Å². The molecule has 0 bridgehead atoms. The molecule has 0 amide bonds. The van der Waals surface area contributed by atoms with Crippen molar-refractivity contribution in [1.29, 1.82) is 0 Å². The van der Waals surface area contributed by atoms with Gasteiger partial charge in [0.1, 0.15) is 10.7 Å². The Morgan fingerprint density at radius 3 is 2.72 bits per heavy atom. The normalized spacial score (nSPS) is 11.2. The van der Waals surface area contributed by atoms with Gasteiger partial charge in [-0.15, -0.1) is 0 Å². The maximum Gasteiger partial charge on any atom is 0.266 e. The number of nitrogens with zero attached hydrogens (tertiary/aromatic N) is 3. The van der Waals surface area contributed by atoms with Gasteiger partial charge in [0, 0.05) is 25.5 Å². The summed E-state index contributed by atoms with van der Waals surface area (Å²) < 4.78 is 28.1. The van der Waals surface area contributed by atoms with Crippen LogP contribution in [0, 0.1) is 0 Å². The lowest BCUT2D eigenvalue weighted by Crippen LogP contribution is -2.19. The van der Waals surface area contributed by atoms with E-state index in [2.05, 4.69) is 20.2 Å². The molecule has 2 heterocycles. The minimum Gasteiger partial charge on any atom is -0.323 e. The second-order valence-corrected chi connectivity index (χ2v) is 5.11. The van der Waals surface area contributed by atoms with E-state index in [0.29, 0.717) is 5.82 Å². The monoisotopic (exact) mass is 268 g/mol. The van der Waals surface area contributed by atoms with E-state index in [9.17, 15) is 8.42 Å². The first kappa shape index (κ1) is 12.3. The molecule has 0 aliphatic heterocycles. The minimum absolute atomic E-state index is 0.0336. The van der Waals surface area contributed by atoms with Gasteiger partial charge in [0.2, 0.25) is 0 Å². The van der Waals surface area contributed by atoms with Crippen molar-refractivity contribution in [2.75, 3.05) is 10.1 Å². The van der Waals surface area contributed by atoms with Crippen LogP contribution >= 0.6 is 0 Å². The van der Waals surface area contributed by atoms with E-state index in [4.69, 9.17) is 5.84 Å². The summed E-state index contributed by atoms with van der Waals surface area (Å²) in [5.74, 6) is 5.61. The molecule has 2 aromatic rings. The average molecular weight is 268 g/mol. The van der Waals surface area contributed by atoms with Gasteiger partial charge in [-0.2, -0.15) is 5.10 Å². The Labute approximate surface area is 104 Å². The van der Waals surface area contributed by atoms with Gasteiger partial charge in [0.25, 0.3) is 10.0 Å². The van der Waals surface area contributed by atoms with Crippen molar-refractivity contribution in [1.82, 2.24) is 14.8 Å². The van der Waals surface area contributed by atoms with Crippen LogP contribution in [-0.4, -0.2) is 23.2 Å². The molecule has 0 atom stereocenters. The maximum atomic E-state index is 12.1. The Balaban J connectivity index is 2.40. The minimum atomic E-state index is -3.76. The number of anilines is 2. The molecule has 2 rings (SSSR count). The number of aromatic nitrogens is 3. The summed E-state index contributed by atoms with van der Waals surface area (Å²) >= 11 is 0. The topological polar surface area (TPSA) is 115 Å². The Morgan fingerprint density at radius 1 is 1.33 bits per heavy atom. The third kappa shape index (κ3) is 2.26. The Kier molecular flexibility index (Phi) is 3.17. The zero-order valence-electron chi connectivity index (χ0n) is 9.53. The van der Waals surface area contributed by atoms with Gasteiger partial charge >= 0.3 is 0 Å². The molecule has 0 radical (unpaired) electrons. The number of nitrogen functional groups attached to an aromatic ring is 1. The SMILES string of the molecule is Cn1nccc1NS(=O)(=O)c1cnccc1NN. The van der Waals surface area contributed by atoms with E-state index < -0.39 is 10.0 Å². The Morgan fingerprint density at radius 2 is 2.11 bits per heavy atom. The van der Waals surface area contributed by atoms with E-state index in [1.54, 1.807) is 13.1 Å².